The largest absolute Gasteiger partial charge is 0.467 e. The van der Waals surface area contributed by atoms with Crippen LogP contribution in [0.3, 0.4) is 0 Å². The van der Waals surface area contributed by atoms with Crippen LogP contribution in [0.5, 0.6) is 0 Å². The molecule has 0 aliphatic rings. The van der Waals surface area contributed by atoms with Gasteiger partial charge >= 0.3 is 11.7 Å². The van der Waals surface area contributed by atoms with Crippen LogP contribution in [0.1, 0.15) is 0 Å². The van der Waals surface area contributed by atoms with Crippen LogP contribution in [0.15, 0.2) is 12.4 Å². The Morgan fingerprint density at radius 3 is 2.89 bits per heavy atom. The number of nitro groups is 1. The number of hydrogen-bond donors (Lipinski definition) is 2. The maximum atomic E-state index is 11.4. The molecule has 0 aliphatic heterocycles. The van der Waals surface area contributed by atoms with Gasteiger partial charge in [0.2, 0.25) is 5.91 Å². The van der Waals surface area contributed by atoms with E-state index in [1.54, 1.807) is 0 Å². The van der Waals surface area contributed by atoms with E-state index in [2.05, 4.69) is 15.2 Å². The topological polar surface area (TPSA) is 137 Å². The van der Waals surface area contributed by atoms with Gasteiger partial charge in [-0.25, -0.2) is 4.79 Å². The summed E-state index contributed by atoms with van der Waals surface area (Å²) in [7, 11) is 1.11. The van der Waals surface area contributed by atoms with Crippen molar-refractivity contribution >= 4 is 17.6 Å². The Morgan fingerprint density at radius 1 is 1.68 bits per heavy atom. The Hall–Kier alpha value is -2.49. The molecular formula is C9H12N4O6. The molecule has 0 saturated carbocycles. The van der Waals surface area contributed by atoms with E-state index in [9.17, 15) is 24.8 Å². The Labute approximate surface area is 107 Å². The highest BCUT2D eigenvalue weighted by Crippen LogP contribution is 2.07. The highest BCUT2D eigenvalue weighted by molar-refractivity contribution is 5.78. The number of hydrogen-bond acceptors (Lipinski definition) is 7. The number of ether oxygens (including phenoxy) is 1. The molecule has 1 unspecified atom stereocenters. The first kappa shape index (κ1) is 14.6. The second-order valence-electron chi connectivity index (χ2n) is 3.50. The monoisotopic (exact) mass is 272 g/mol. The van der Waals surface area contributed by atoms with Crippen LogP contribution >= 0.6 is 0 Å². The first-order valence-electron chi connectivity index (χ1n) is 5.13. The summed E-state index contributed by atoms with van der Waals surface area (Å²) >= 11 is 0. The second-order valence-corrected chi connectivity index (χ2v) is 3.50. The van der Waals surface area contributed by atoms with Crippen molar-refractivity contribution in [2.75, 3.05) is 13.7 Å². The highest BCUT2D eigenvalue weighted by Gasteiger charge is 2.17. The summed E-state index contributed by atoms with van der Waals surface area (Å²) in [6, 6.07) is 0. The fourth-order valence-corrected chi connectivity index (χ4v) is 1.17. The van der Waals surface area contributed by atoms with E-state index in [0.29, 0.717) is 0 Å². The molecule has 10 nitrogen and oxygen atoms in total. The molecule has 1 atom stereocenters. The summed E-state index contributed by atoms with van der Waals surface area (Å²) in [5.74, 6) is -1.42. The number of esters is 1. The number of methoxy groups -OCH3 is 1. The fourth-order valence-electron chi connectivity index (χ4n) is 1.17. The number of aliphatic hydroxyl groups excluding tert-OH is 1. The number of rotatable bonds is 6. The minimum Gasteiger partial charge on any atom is -0.467 e. The highest BCUT2D eigenvalue weighted by atomic mass is 16.6. The zero-order valence-electron chi connectivity index (χ0n) is 9.98. The average molecular weight is 272 g/mol. The Morgan fingerprint density at radius 2 is 2.37 bits per heavy atom. The van der Waals surface area contributed by atoms with Gasteiger partial charge < -0.3 is 15.2 Å². The molecular weight excluding hydrogens is 260 g/mol. The lowest BCUT2D eigenvalue weighted by atomic mass is 10.3. The third-order valence-electron chi connectivity index (χ3n) is 2.10. The molecule has 1 amide bonds. The lowest BCUT2D eigenvalue weighted by Gasteiger charge is -2.09. The number of amides is 1. The molecule has 0 fully saturated rings. The predicted molar refractivity (Wildman–Crippen MR) is 59.9 cm³/mol. The van der Waals surface area contributed by atoms with E-state index in [4.69, 9.17) is 0 Å². The zero-order chi connectivity index (χ0) is 14.4. The molecule has 104 valence electrons. The van der Waals surface area contributed by atoms with Gasteiger partial charge in [-0.05, 0) is 0 Å². The molecule has 0 aromatic carbocycles. The van der Waals surface area contributed by atoms with Crippen LogP contribution in [-0.2, 0) is 20.9 Å². The van der Waals surface area contributed by atoms with Crippen LogP contribution in [0.2, 0.25) is 0 Å². The summed E-state index contributed by atoms with van der Waals surface area (Å²) in [5, 5.41) is 25.5. The normalized spacial score (nSPS) is 11.7. The molecule has 1 aromatic rings. The number of aliphatic hydroxyl groups is 1. The molecule has 1 aromatic heterocycles. The number of carbonyl (C=O) groups is 2. The summed E-state index contributed by atoms with van der Waals surface area (Å²) in [6.07, 6.45) is 0.647. The first-order valence-corrected chi connectivity index (χ1v) is 5.13. The van der Waals surface area contributed by atoms with Gasteiger partial charge in [-0.2, -0.15) is 5.10 Å². The van der Waals surface area contributed by atoms with E-state index < -0.39 is 22.9 Å². The molecule has 0 spiro atoms. The van der Waals surface area contributed by atoms with Gasteiger partial charge in [0.15, 0.2) is 6.10 Å². The third kappa shape index (κ3) is 4.35. The number of nitrogens with one attached hydrogen (secondary N) is 1. The molecule has 2 N–H and O–H groups in total. The van der Waals surface area contributed by atoms with Crippen molar-refractivity contribution in [1.29, 1.82) is 0 Å². The van der Waals surface area contributed by atoms with Gasteiger partial charge in [0.1, 0.15) is 18.9 Å². The second kappa shape index (κ2) is 6.44. The number of nitrogens with zero attached hydrogens (tertiary/aromatic N) is 3. The van der Waals surface area contributed by atoms with Crippen molar-refractivity contribution in [3.63, 3.8) is 0 Å². The Balaban J connectivity index is 2.42. The van der Waals surface area contributed by atoms with Gasteiger partial charge in [0.25, 0.3) is 0 Å². The zero-order valence-corrected chi connectivity index (χ0v) is 9.98. The van der Waals surface area contributed by atoms with Gasteiger partial charge in [-0.3, -0.25) is 19.6 Å². The molecule has 0 saturated heterocycles. The number of aromatic nitrogens is 2. The van der Waals surface area contributed by atoms with Crippen molar-refractivity contribution in [3.8, 4) is 0 Å². The Kier molecular flexibility index (Phi) is 4.94. The molecule has 0 aliphatic carbocycles. The van der Waals surface area contributed by atoms with Gasteiger partial charge in [0.05, 0.1) is 18.6 Å². The van der Waals surface area contributed by atoms with E-state index in [1.165, 1.54) is 0 Å². The van der Waals surface area contributed by atoms with Gasteiger partial charge in [-0.1, -0.05) is 0 Å². The minimum atomic E-state index is -1.46. The summed E-state index contributed by atoms with van der Waals surface area (Å²) in [4.78, 5) is 32.0. The van der Waals surface area contributed by atoms with E-state index in [0.717, 1.165) is 24.2 Å². The Bertz CT molecular complexity index is 485. The van der Waals surface area contributed by atoms with Crippen LogP contribution < -0.4 is 5.32 Å². The van der Waals surface area contributed by atoms with E-state index in [1.807, 2.05) is 0 Å². The van der Waals surface area contributed by atoms with Crippen molar-refractivity contribution in [2.45, 2.75) is 12.6 Å². The molecule has 0 radical (unpaired) electrons. The van der Waals surface area contributed by atoms with Crippen LogP contribution in [-0.4, -0.2) is 51.4 Å². The van der Waals surface area contributed by atoms with E-state index >= 15 is 0 Å². The van der Waals surface area contributed by atoms with Crippen molar-refractivity contribution in [3.05, 3.63) is 22.5 Å². The molecule has 1 rings (SSSR count). The number of carbonyl (C=O) groups excluding carboxylic acids is 2. The molecule has 19 heavy (non-hydrogen) atoms. The van der Waals surface area contributed by atoms with Crippen LogP contribution in [0, 0.1) is 10.1 Å². The minimum absolute atomic E-state index is 0.234. The third-order valence-corrected chi connectivity index (χ3v) is 2.10. The van der Waals surface area contributed by atoms with Crippen LogP contribution in [0.4, 0.5) is 5.69 Å². The lowest BCUT2D eigenvalue weighted by Crippen LogP contribution is -2.38. The van der Waals surface area contributed by atoms with Gasteiger partial charge in [0, 0.05) is 0 Å². The smallest absolute Gasteiger partial charge is 0.336 e. The fraction of sp³-hybridized carbons (Fsp3) is 0.444. The summed E-state index contributed by atoms with van der Waals surface area (Å²) in [6.45, 7) is -0.573. The van der Waals surface area contributed by atoms with Crippen molar-refractivity contribution in [2.24, 2.45) is 0 Å². The first-order chi connectivity index (χ1) is 8.93. The summed E-state index contributed by atoms with van der Waals surface area (Å²) in [5.41, 5.74) is -0.234. The van der Waals surface area contributed by atoms with E-state index in [-0.39, 0.29) is 18.8 Å². The molecule has 10 heteroatoms. The van der Waals surface area contributed by atoms with Crippen LogP contribution in [0.25, 0.3) is 0 Å². The maximum absolute atomic E-state index is 11.4. The predicted octanol–water partition coefficient (Wildman–Crippen LogP) is -1.56. The lowest BCUT2D eigenvalue weighted by molar-refractivity contribution is -0.385. The maximum Gasteiger partial charge on any atom is 0.336 e. The molecule has 0 bridgehead atoms. The molecule has 1 heterocycles. The van der Waals surface area contributed by atoms with Gasteiger partial charge in [-0.15, -0.1) is 0 Å². The average Bonchev–Trinajstić information content (AvgIpc) is 2.83. The standard InChI is InChI=1S/C9H12N4O6/c1-19-9(16)7(14)3-10-8(15)5-12-4-6(2-11-12)13(17)18/h2,4,7,14H,3,5H2,1H3,(H,10,15). The summed E-state index contributed by atoms with van der Waals surface area (Å²) < 4.78 is 5.33. The quantitative estimate of drug-likeness (QED) is 0.363. The van der Waals surface area contributed by atoms with Crippen molar-refractivity contribution < 1.29 is 24.4 Å². The SMILES string of the molecule is COC(=O)C(O)CNC(=O)Cn1cc([N+](=O)[O-])cn1. The van der Waals surface area contributed by atoms with Crippen molar-refractivity contribution in [1.82, 2.24) is 15.1 Å².